The van der Waals surface area contributed by atoms with Gasteiger partial charge in [0.2, 0.25) is 0 Å². The summed E-state index contributed by atoms with van der Waals surface area (Å²) in [5.74, 6) is -0.926. The van der Waals surface area contributed by atoms with Gasteiger partial charge in [-0.2, -0.15) is 0 Å². The maximum atomic E-state index is 12.7. The topological polar surface area (TPSA) is 78.9 Å². The van der Waals surface area contributed by atoms with E-state index in [-0.39, 0.29) is 31.1 Å². The molecule has 0 aliphatic heterocycles. The van der Waals surface area contributed by atoms with Crippen LogP contribution >= 0.6 is 0 Å². The molecular weight excluding hydrogens is 829 g/mol. The van der Waals surface area contributed by atoms with E-state index in [1.165, 1.54) is 51.4 Å². The summed E-state index contributed by atoms with van der Waals surface area (Å²) < 4.78 is 16.6. The van der Waals surface area contributed by atoms with Gasteiger partial charge in [0.1, 0.15) is 13.2 Å². The van der Waals surface area contributed by atoms with Crippen LogP contribution < -0.4 is 0 Å². The van der Waals surface area contributed by atoms with Crippen LogP contribution in [0, 0.1) is 0 Å². The average Bonchev–Trinajstić information content (AvgIpc) is 3.33. The second-order valence-electron chi connectivity index (χ2n) is 17.8. The predicted molar refractivity (Wildman–Crippen MR) is 288 cm³/mol. The number of carbonyl (C=O) groups is 3. The maximum Gasteiger partial charge on any atom is 0.306 e. The first-order valence-electron chi connectivity index (χ1n) is 27.4. The highest BCUT2D eigenvalue weighted by molar-refractivity contribution is 5.71. The van der Waals surface area contributed by atoms with Gasteiger partial charge in [-0.1, -0.05) is 226 Å². The van der Waals surface area contributed by atoms with E-state index in [9.17, 15) is 14.4 Å². The molecule has 1 unspecified atom stereocenters. The number of hydrogen-bond donors (Lipinski definition) is 0. The van der Waals surface area contributed by atoms with E-state index in [0.29, 0.717) is 19.3 Å². The highest BCUT2D eigenvalue weighted by Crippen LogP contribution is 2.14. The zero-order chi connectivity index (χ0) is 48.6. The zero-order valence-electron chi connectivity index (χ0n) is 43.4. The van der Waals surface area contributed by atoms with E-state index >= 15 is 0 Å². The second-order valence-corrected chi connectivity index (χ2v) is 17.8. The van der Waals surface area contributed by atoms with Crippen LogP contribution in [0.2, 0.25) is 0 Å². The first-order valence-corrected chi connectivity index (χ1v) is 27.4. The molecule has 0 heterocycles. The largest absolute Gasteiger partial charge is 0.462 e. The van der Waals surface area contributed by atoms with E-state index in [1.807, 2.05) is 0 Å². The molecule has 0 aromatic heterocycles. The van der Waals surface area contributed by atoms with Crippen molar-refractivity contribution in [2.75, 3.05) is 13.2 Å². The Morgan fingerprint density at radius 1 is 0.313 bits per heavy atom. The van der Waals surface area contributed by atoms with E-state index in [2.05, 4.69) is 130 Å². The van der Waals surface area contributed by atoms with Crippen molar-refractivity contribution < 1.29 is 28.6 Å². The van der Waals surface area contributed by atoms with Crippen molar-refractivity contribution in [1.82, 2.24) is 0 Å². The van der Waals surface area contributed by atoms with E-state index < -0.39 is 6.10 Å². The van der Waals surface area contributed by atoms with Gasteiger partial charge in [0, 0.05) is 19.3 Å². The Kier molecular flexibility index (Phi) is 51.5. The van der Waals surface area contributed by atoms with Crippen LogP contribution in [0.3, 0.4) is 0 Å². The molecule has 0 radical (unpaired) electrons. The SMILES string of the molecule is CC/C=C\C/C=C\C/C=C\C/C=C\C/C=C\C/C=C\C/C=C\CCCCCCCCCCCC(=O)OCC(COC(=O)CCCCCCC)OC(=O)CCCCCCC/C=C\C/C=C\CCC. The maximum absolute atomic E-state index is 12.7. The standard InChI is InChI=1S/C61H100O6/c1-4-7-10-13-15-17-19-21-22-23-24-25-26-27-28-29-30-31-32-33-34-35-36-37-38-40-41-43-45-48-51-54-60(63)66-57-58(56-65-59(62)53-50-47-12-9-6-3)67-61(64)55-52-49-46-44-42-39-20-18-16-14-11-8-5-2/h7,10-11,14-15,17-18,20-22,24-25,27-28,30-31,33-34,58H,4-6,8-9,12-13,16,19,23,26,29,32,35-57H2,1-3H3/b10-7-,14-11-,17-15-,20-18-,22-21-,25-24-,28-27-,31-30-,34-33-. The summed E-state index contributed by atoms with van der Waals surface area (Å²) in [5.41, 5.74) is 0. The molecule has 0 fully saturated rings. The molecule has 6 nitrogen and oxygen atoms in total. The molecule has 0 saturated carbocycles. The Balaban J connectivity index is 4.07. The summed E-state index contributed by atoms with van der Waals surface area (Å²) in [6, 6.07) is 0. The van der Waals surface area contributed by atoms with Crippen molar-refractivity contribution in [1.29, 1.82) is 0 Å². The number of carbonyl (C=O) groups excluding carboxylic acids is 3. The Morgan fingerprint density at radius 3 is 0.970 bits per heavy atom. The van der Waals surface area contributed by atoms with Gasteiger partial charge in [-0.05, 0) is 103 Å². The molecule has 0 saturated heterocycles. The third-order valence-corrected chi connectivity index (χ3v) is 11.2. The van der Waals surface area contributed by atoms with Crippen LogP contribution in [-0.2, 0) is 28.6 Å². The fourth-order valence-corrected chi connectivity index (χ4v) is 7.16. The molecule has 0 amide bonds. The molecule has 0 N–H and O–H groups in total. The van der Waals surface area contributed by atoms with Gasteiger partial charge in [0.15, 0.2) is 6.10 Å². The minimum absolute atomic E-state index is 0.0868. The lowest BCUT2D eigenvalue weighted by molar-refractivity contribution is -0.167. The lowest BCUT2D eigenvalue weighted by Crippen LogP contribution is -2.30. The van der Waals surface area contributed by atoms with Gasteiger partial charge in [-0.3, -0.25) is 14.4 Å². The number of rotatable bonds is 48. The number of ether oxygens (including phenoxy) is 3. The summed E-state index contributed by atoms with van der Waals surface area (Å²) in [7, 11) is 0. The monoisotopic (exact) mass is 929 g/mol. The Morgan fingerprint density at radius 2 is 0.612 bits per heavy atom. The van der Waals surface area contributed by atoms with Gasteiger partial charge >= 0.3 is 17.9 Å². The van der Waals surface area contributed by atoms with Gasteiger partial charge < -0.3 is 14.2 Å². The number of unbranched alkanes of at least 4 members (excludes halogenated alkanes) is 19. The quantitative estimate of drug-likeness (QED) is 0.0262. The summed E-state index contributed by atoms with van der Waals surface area (Å²) in [4.78, 5) is 37.7. The van der Waals surface area contributed by atoms with Crippen molar-refractivity contribution in [3.8, 4) is 0 Å². The fraction of sp³-hybridized carbons (Fsp3) is 0.656. The summed E-state index contributed by atoms with van der Waals surface area (Å²) in [5, 5.41) is 0. The molecule has 0 aliphatic rings. The highest BCUT2D eigenvalue weighted by atomic mass is 16.6. The zero-order valence-corrected chi connectivity index (χ0v) is 43.4. The molecule has 380 valence electrons. The van der Waals surface area contributed by atoms with E-state index in [1.54, 1.807) is 0 Å². The van der Waals surface area contributed by atoms with Crippen LogP contribution in [0.25, 0.3) is 0 Å². The predicted octanol–water partition coefficient (Wildman–Crippen LogP) is 18.3. The smallest absolute Gasteiger partial charge is 0.306 e. The van der Waals surface area contributed by atoms with Gasteiger partial charge in [-0.15, -0.1) is 0 Å². The number of hydrogen-bond acceptors (Lipinski definition) is 6. The molecule has 6 heteroatoms. The lowest BCUT2D eigenvalue weighted by Gasteiger charge is -2.18. The minimum atomic E-state index is -0.784. The first-order chi connectivity index (χ1) is 33.0. The molecule has 1 atom stereocenters. The van der Waals surface area contributed by atoms with Gasteiger partial charge in [-0.25, -0.2) is 0 Å². The number of esters is 3. The van der Waals surface area contributed by atoms with Crippen molar-refractivity contribution in [3.63, 3.8) is 0 Å². The van der Waals surface area contributed by atoms with Crippen molar-refractivity contribution in [2.24, 2.45) is 0 Å². The molecule has 0 aromatic carbocycles. The third-order valence-electron chi connectivity index (χ3n) is 11.2. The van der Waals surface area contributed by atoms with Crippen LogP contribution in [0.4, 0.5) is 0 Å². The van der Waals surface area contributed by atoms with Crippen molar-refractivity contribution >= 4 is 17.9 Å². The van der Waals surface area contributed by atoms with Gasteiger partial charge in [0.05, 0.1) is 0 Å². The fourth-order valence-electron chi connectivity index (χ4n) is 7.16. The van der Waals surface area contributed by atoms with Gasteiger partial charge in [0.25, 0.3) is 0 Å². The molecule has 0 aromatic rings. The minimum Gasteiger partial charge on any atom is -0.462 e. The Hall–Kier alpha value is -3.93. The second kappa shape index (κ2) is 54.7. The van der Waals surface area contributed by atoms with E-state index in [0.717, 1.165) is 148 Å². The first kappa shape index (κ1) is 63.1. The molecule has 0 spiro atoms. The molecule has 0 bridgehead atoms. The summed E-state index contributed by atoms with van der Waals surface area (Å²) in [6.07, 6.45) is 74.1. The van der Waals surface area contributed by atoms with Crippen LogP contribution in [0.15, 0.2) is 109 Å². The molecule has 0 rings (SSSR count). The summed E-state index contributed by atoms with van der Waals surface area (Å²) >= 11 is 0. The highest BCUT2D eigenvalue weighted by Gasteiger charge is 2.19. The lowest BCUT2D eigenvalue weighted by atomic mass is 10.1. The third kappa shape index (κ3) is 52.9. The molecule has 0 aliphatic carbocycles. The Labute approximate surface area is 412 Å². The van der Waals surface area contributed by atoms with Crippen LogP contribution in [0.1, 0.15) is 239 Å². The summed E-state index contributed by atoms with van der Waals surface area (Å²) in [6.45, 7) is 6.34. The molecular formula is C61H100O6. The molecule has 67 heavy (non-hydrogen) atoms. The average molecular weight is 929 g/mol. The number of allylic oxidation sites excluding steroid dienone is 18. The van der Waals surface area contributed by atoms with Crippen molar-refractivity contribution in [2.45, 2.75) is 245 Å². The van der Waals surface area contributed by atoms with E-state index in [4.69, 9.17) is 14.2 Å². The van der Waals surface area contributed by atoms with Crippen LogP contribution in [0.5, 0.6) is 0 Å². The normalized spacial score (nSPS) is 12.9. The Bertz CT molecular complexity index is 1390. The van der Waals surface area contributed by atoms with Crippen LogP contribution in [-0.4, -0.2) is 37.2 Å². The van der Waals surface area contributed by atoms with Crippen molar-refractivity contribution in [3.05, 3.63) is 109 Å².